The number of ketones is 2. The van der Waals surface area contributed by atoms with Crippen molar-refractivity contribution >= 4 is 85.7 Å². The second-order valence-electron chi connectivity index (χ2n) is 7.51. The lowest BCUT2D eigenvalue weighted by molar-refractivity contribution is 0.0968. The molecule has 32 heavy (non-hydrogen) atoms. The van der Waals surface area contributed by atoms with Gasteiger partial charge in [-0.25, -0.2) is 0 Å². The molecular weight excluding hydrogens is 576 g/mol. The summed E-state index contributed by atoms with van der Waals surface area (Å²) >= 11 is 27.6. The predicted molar refractivity (Wildman–Crippen MR) is 141 cm³/mol. The van der Waals surface area contributed by atoms with Gasteiger partial charge in [-0.2, -0.15) is 5.26 Å². The summed E-state index contributed by atoms with van der Waals surface area (Å²) in [5, 5.41) is 11.9. The number of hydrogen-bond acceptors (Lipinski definition) is 4. The number of alkyl halides is 1. The largest absolute Gasteiger partial charge is 0.293 e. The fourth-order valence-corrected chi connectivity index (χ4v) is 3.96. The first-order chi connectivity index (χ1) is 14.9. The molecule has 0 amide bonds. The number of hydrogen-bond donors (Lipinski definition) is 0. The van der Waals surface area contributed by atoms with E-state index < -0.39 is 0 Å². The van der Waals surface area contributed by atoms with E-state index in [1.165, 1.54) is 0 Å². The third-order valence-corrected chi connectivity index (χ3v) is 8.36. The Morgan fingerprint density at radius 3 is 1.59 bits per heavy atom. The number of benzene rings is 2. The number of carbonyl (C=O) groups is 2. The number of rotatable bonds is 7. The van der Waals surface area contributed by atoms with E-state index in [0.717, 1.165) is 11.8 Å². The number of halogens is 5. The van der Waals surface area contributed by atoms with Crippen molar-refractivity contribution in [2.24, 2.45) is 11.8 Å². The van der Waals surface area contributed by atoms with Crippen molar-refractivity contribution in [1.29, 1.82) is 5.26 Å². The van der Waals surface area contributed by atoms with Crippen LogP contribution in [0.15, 0.2) is 36.4 Å². The minimum atomic E-state index is -0.378. The van der Waals surface area contributed by atoms with Crippen LogP contribution in [0, 0.1) is 22.5 Å². The SMILES string of the molecule is CC(C)C(Br)C(=O)c1ccc(Cl)c(Cl)c1.CC(C)C(SC#N)C(=O)c1ccc(Cl)c(Cl)c1. The molecule has 0 N–H and O–H groups in total. The van der Waals surface area contributed by atoms with E-state index in [9.17, 15) is 9.59 Å². The first kappa shape index (κ1) is 29.3. The second kappa shape index (κ2) is 13.8. The van der Waals surface area contributed by atoms with E-state index >= 15 is 0 Å². The van der Waals surface area contributed by atoms with Crippen molar-refractivity contribution in [2.75, 3.05) is 0 Å². The lowest BCUT2D eigenvalue weighted by Crippen LogP contribution is -2.22. The van der Waals surface area contributed by atoms with E-state index in [-0.39, 0.29) is 33.5 Å². The van der Waals surface area contributed by atoms with Crippen LogP contribution in [-0.2, 0) is 0 Å². The maximum atomic E-state index is 12.2. The Hall–Kier alpha value is -0.740. The lowest BCUT2D eigenvalue weighted by atomic mass is 10.0. The maximum absolute atomic E-state index is 12.2. The summed E-state index contributed by atoms with van der Waals surface area (Å²) < 4.78 is 0. The number of thiocyanates is 1. The molecule has 2 aromatic carbocycles. The summed E-state index contributed by atoms with van der Waals surface area (Å²) in [5.41, 5.74) is 1.07. The Kier molecular flexibility index (Phi) is 12.7. The number of thioether (sulfide) groups is 1. The average molecular weight is 598 g/mol. The van der Waals surface area contributed by atoms with Gasteiger partial charge in [-0.1, -0.05) is 90.0 Å². The van der Waals surface area contributed by atoms with Gasteiger partial charge in [-0.3, -0.25) is 9.59 Å². The van der Waals surface area contributed by atoms with Gasteiger partial charge in [0.05, 0.1) is 30.2 Å². The lowest BCUT2D eigenvalue weighted by Gasteiger charge is -2.15. The summed E-state index contributed by atoms with van der Waals surface area (Å²) in [6.45, 7) is 7.78. The van der Waals surface area contributed by atoms with E-state index in [2.05, 4.69) is 15.9 Å². The van der Waals surface area contributed by atoms with Crippen LogP contribution < -0.4 is 0 Å². The highest BCUT2D eigenvalue weighted by molar-refractivity contribution is 9.10. The number of Topliss-reactive ketones (excluding diaryl/α,β-unsaturated/α-hetero) is 2. The van der Waals surface area contributed by atoms with Crippen molar-refractivity contribution in [1.82, 2.24) is 0 Å². The first-order valence-corrected chi connectivity index (χ1v) is 12.9. The molecule has 0 heterocycles. The Morgan fingerprint density at radius 1 is 0.812 bits per heavy atom. The Labute approximate surface area is 221 Å². The average Bonchev–Trinajstić information content (AvgIpc) is 2.74. The van der Waals surface area contributed by atoms with Gasteiger partial charge < -0.3 is 0 Å². The monoisotopic (exact) mass is 595 g/mol. The maximum Gasteiger partial charge on any atom is 0.177 e. The van der Waals surface area contributed by atoms with Gasteiger partial charge in [-0.15, -0.1) is 0 Å². The summed E-state index contributed by atoms with van der Waals surface area (Å²) in [6, 6.07) is 9.68. The quantitative estimate of drug-likeness (QED) is 0.181. The minimum Gasteiger partial charge on any atom is -0.293 e. The van der Waals surface area contributed by atoms with Crippen LogP contribution in [0.5, 0.6) is 0 Å². The Bertz CT molecular complexity index is 1010. The van der Waals surface area contributed by atoms with Crippen LogP contribution in [0.25, 0.3) is 0 Å². The van der Waals surface area contributed by atoms with Crippen molar-refractivity contribution < 1.29 is 9.59 Å². The number of nitrogens with zero attached hydrogens (tertiary/aromatic N) is 1. The molecule has 0 bridgehead atoms. The Morgan fingerprint density at radius 2 is 1.25 bits per heavy atom. The molecule has 0 fully saturated rings. The van der Waals surface area contributed by atoms with Crippen LogP contribution in [0.2, 0.25) is 20.1 Å². The molecule has 0 radical (unpaired) electrons. The summed E-state index contributed by atoms with van der Waals surface area (Å²) in [6.07, 6.45) is 0. The zero-order chi connectivity index (χ0) is 24.6. The third-order valence-electron chi connectivity index (χ3n) is 4.29. The highest BCUT2D eigenvalue weighted by Gasteiger charge is 2.24. The van der Waals surface area contributed by atoms with Crippen molar-refractivity contribution in [2.45, 2.75) is 37.8 Å². The number of nitriles is 1. The van der Waals surface area contributed by atoms with Gasteiger partial charge in [0, 0.05) is 11.1 Å². The topological polar surface area (TPSA) is 57.9 Å². The van der Waals surface area contributed by atoms with Gasteiger partial charge in [0.15, 0.2) is 11.6 Å². The van der Waals surface area contributed by atoms with Crippen molar-refractivity contribution in [3.63, 3.8) is 0 Å². The highest BCUT2D eigenvalue weighted by Crippen LogP contribution is 2.28. The third kappa shape index (κ3) is 8.56. The molecule has 0 spiro atoms. The standard InChI is InChI=1S/C12H11Cl2NOS.C11H11BrCl2O/c1-7(2)12(17-6-15)11(16)8-3-4-9(13)10(14)5-8;1-6(2)10(12)11(15)7-3-4-8(13)9(14)5-7/h3-5,7,12H,1-2H3;3-6,10H,1-2H3. The molecule has 2 aromatic rings. The van der Waals surface area contributed by atoms with Crippen LogP contribution in [0.3, 0.4) is 0 Å². The summed E-state index contributed by atoms with van der Waals surface area (Å²) in [4.78, 5) is 23.9. The second-order valence-corrected chi connectivity index (χ2v) is 11.0. The fourth-order valence-electron chi connectivity index (χ4n) is 2.47. The molecule has 2 unspecified atom stereocenters. The molecule has 3 nitrogen and oxygen atoms in total. The molecular formula is C23H22BrCl4NO2S. The van der Waals surface area contributed by atoms with Crippen LogP contribution in [-0.4, -0.2) is 21.6 Å². The van der Waals surface area contributed by atoms with Crippen molar-refractivity contribution in [3.8, 4) is 5.40 Å². The summed E-state index contributed by atoms with van der Waals surface area (Å²) in [7, 11) is 0. The zero-order valence-corrected chi connectivity index (χ0v) is 23.3. The molecule has 2 atom stereocenters. The van der Waals surface area contributed by atoms with Gasteiger partial charge in [0.25, 0.3) is 0 Å². The summed E-state index contributed by atoms with van der Waals surface area (Å²) in [5.74, 6) is 0.266. The molecule has 0 aromatic heterocycles. The highest BCUT2D eigenvalue weighted by atomic mass is 79.9. The van der Waals surface area contributed by atoms with Gasteiger partial charge in [0.1, 0.15) is 5.40 Å². The first-order valence-electron chi connectivity index (χ1n) is 9.58. The Balaban J connectivity index is 0.000000323. The molecule has 0 aliphatic heterocycles. The molecule has 0 aliphatic rings. The fraction of sp³-hybridized carbons (Fsp3) is 0.348. The minimum absolute atomic E-state index is 0.0311. The molecule has 9 heteroatoms. The van der Waals surface area contributed by atoms with Gasteiger partial charge >= 0.3 is 0 Å². The van der Waals surface area contributed by atoms with E-state index in [4.69, 9.17) is 51.7 Å². The van der Waals surface area contributed by atoms with Crippen LogP contribution in [0.4, 0.5) is 0 Å². The molecule has 172 valence electrons. The molecule has 2 rings (SSSR count). The van der Waals surface area contributed by atoms with E-state index in [0.29, 0.717) is 31.2 Å². The number of carbonyl (C=O) groups excluding carboxylic acids is 2. The van der Waals surface area contributed by atoms with Crippen molar-refractivity contribution in [3.05, 3.63) is 67.6 Å². The van der Waals surface area contributed by atoms with Crippen LogP contribution in [0.1, 0.15) is 48.4 Å². The van der Waals surface area contributed by atoms with Gasteiger partial charge in [-0.05, 0) is 60.0 Å². The predicted octanol–water partition coefficient (Wildman–Crippen LogP) is 9.01. The van der Waals surface area contributed by atoms with E-state index in [1.807, 2.05) is 33.1 Å². The normalized spacial score (nSPS) is 12.6. The zero-order valence-electron chi connectivity index (χ0n) is 17.8. The van der Waals surface area contributed by atoms with E-state index in [1.54, 1.807) is 36.4 Å². The van der Waals surface area contributed by atoms with Gasteiger partial charge in [0.2, 0.25) is 0 Å². The smallest absolute Gasteiger partial charge is 0.177 e. The van der Waals surface area contributed by atoms with Crippen LogP contribution >= 0.6 is 74.1 Å². The molecule has 0 saturated heterocycles. The molecule has 0 aliphatic carbocycles. The molecule has 0 saturated carbocycles.